The maximum Gasteiger partial charge on any atom is 0.407 e. The van der Waals surface area contributed by atoms with Crippen LogP contribution < -0.4 is 40.9 Å². The number of nitrogens with one attached hydrogen (secondary N) is 4. The van der Waals surface area contributed by atoms with Crippen molar-refractivity contribution in [3.63, 3.8) is 0 Å². The van der Waals surface area contributed by atoms with Crippen molar-refractivity contribution >= 4 is 23.6 Å². The average Bonchev–Trinajstić information content (AvgIpc) is 3.19. The van der Waals surface area contributed by atoms with Gasteiger partial charge in [-0.05, 0) is 74.4 Å². The van der Waals surface area contributed by atoms with Crippen LogP contribution in [0.5, 0.6) is 17.2 Å². The molecule has 1 aliphatic carbocycles. The van der Waals surface area contributed by atoms with Crippen molar-refractivity contribution in [2.75, 3.05) is 39.7 Å². The van der Waals surface area contributed by atoms with E-state index in [2.05, 4.69) is 21.3 Å². The zero-order chi connectivity index (χ0) is 33.5. The highest BCUT2D eigenvalue weighted by molar-refractivity contribution is 5.86. The Morgan fingerprint density at radius 1 is 0.956 bits per heavy atom. The number of carbonyl (C=O) groups is 3. The predicted molar refractivity (Wildman–Crippen MR) is 172 cm³/mol. The number of aryl methyl sites for hydroxylation is 1. The fraction of sp³-hybridized carbons (Fsp3) is 0.515. The standard InChI is InChI=1S/C33H46N4O8/c1-18(2)28(31(40)34-14-15-35-32(41)45-33(4,5)6)37-24-13-11-21-22(17-25(24)39)23(36-19(3)38)12-10-20-16-26(42-7)29(43-8)30(44-9)27(20)21/h11,13,16-18,23,28H,10,12,14-15H2,1-9H3,(H,34,40)(H,35,41)(H,36,38)(H,37,39). The monoisotopic (exact) mass is 626 g/mol. The maximum atomic E-state index is 13.7. The van der Waals surface area contributed by atoms with Crippen LogP contribution in [0.2, 0.25) is 0 Å². The quantitative estimate of drug-likeness (QED) is 0.272. The highest BCUT2D eigenvalue weighted by Crippen LogP contribution is 2.50. The van der Waals surface area contributed by atoms with Gasteiger partial charge in [0.25, 0.3) is 0 Å². The lowest BCUT2D eigenvalue weighted by Crippen LogP contribution is -2.46. The molecule has 1 aliphatic rings. The van der Waals surface area contributed by atoms with Crippen LogP contribution in [-0.2, 0) is 20.7 Å². The molecule has 246 valence electrons. The molecule has 0 fully saturated rings. The summed E-state index contributed by atoms with van der Waals surface area (Å²) in [7, 11) is 4.62. The Labute approximate surface area is 264 Å². The van der Waals surface area contributed by atoms with Crippen molar-refractivity contribution < 1.29 is 33.3 Å². The molecule has 0 aromatic heterocycles. The minimum Gasteiger partial charge on any atom is -0.493 e. The third-order valence-electron chi connectivity index (χ3n) is 7.27. The van der Waals surface area contributed by atoms with Crippen LogP contribution in [0.15, 0.2) is 29.1 Å². The van der Waals surface area contributed by atoms with Crippen molar-refractivity contribution in [1.29, 1.82) is 0 Å². The molecule has 4 N–H and O–H groups in total. The van der Waals surface area contributed by atoms with Crippen molar-refractivity contribution in [3.05, 3.63) is 45.6 Å². The summed E-state index contributed by atoms with van der Waals surface area (Å²) in [6, 6.07) is 5.62. The highest BCUT2D eigenvalue weighted by atomic mass is 16.6. The molecule has 0 saturated heterocycles. The number of hydrogen-bond acceptors (Lipinski definition) is 9. The molecule has 0 bridgehead atoms. The third-order valence-corrected chi connectivity index (χ3v) is 7.27. The van der Waals surface area contributed by atoms with E-state index in [4.69, 9.17) is 18.9 Å². The third kappa shape index (κ3) is 8.80. The Morgan fingerprint density at radius 3 is 2.20 bits per heavy atom. The second-order valence-corrected chi connectivity index (χ2v) is 12.2. The summed E-state index contributed by atoms with van der Waals surface area (Å²) in [5.74, 6) is 0.623. The SMILES string of the molecule is COc1cc2c(c(OC)c1OC)-c1ccc(NC(C(=O)NCCNC(=O)OC(C)(C)C)C(C)C)c(=O)cc1C(NC(C)=O)CC2. The second-order valence-electron chi connectivity index (χ2n) is 12.2. The Kier molecular flexibility index (Phi) is 11.7. The van der Waals surface area contributed by atoms with Crippen LogP contribution in [0.3, 0.4) is 0 Å². The van der Waals surface area contributed by atoms with E-state index in [0.717, 1.165) is 11.1 Å². The van der Waals surface area contributed by atoms with E-state index in [0.29, 0.717) is 41.2 Å². The van der Waals surface area contributed by atoms with E-state index in [1.54, 1.807) is 40.0 Å². The van der Waals surface area contributed by atoms with Gasteiger partial charge in [0.1, 0.15) is 11.6 Å². The smallest absolute Gasteiger partial charge is 0.407 e. The fourth-order valence-corrected chi connectivity index (χ4v) is 5.30. The number of anilines is 1. The van der Waals surface area contributed by atoms with E-state index in [1.165, 1.54) is 27.2 Å². The lowest BCUT2D eigenvalue weighted by atomic mass is 9.95. The molecule has 2 atom stereocenters. The van der Waals surface area contributed by atoms with Crippen LogP contribution in [0.4, 0.5) is 10.5 Å². The van der Waals surface area contributed by atoms with Crippen molar-refractivity contribution in [2.45, 2.75) is 72.1 Å². The summed E-state index contributed by atoms with van der Waals surface area (Å²) in [6.45, 7) is 10.8. The highest BCUT2D eigenvalue weighted by Gasteiger charge is 2.30. The Balaban J connectivity index is 2.00. The normalized spacial score (nSPS) is 14.6. The Morgan fingerprint density at radius 2 is 1.62 bits per heavy atom. The van der Waals surface area contributed by atoms with E-state index < -0.39 is 23.8 Å². The van der Waals surface area contributed by atoms with Gasteiger partial charge >= 0.3 is 6.09 Å². The summed E-state index contributed by atoms with van der Waals surface area (Å²) < 4.78 is 22.3. The molecular weight excluding hydrogens is 580 g/mol. The van der Waals surface area contributed by atoms with Crippen LogP contribution in [-0.4, -0.2) is 64.0 Å². The first-order chi connectivity index (χ1) is 21.2. The van der Waals surface area contributed by atoms with E-state index >= 15 is 0 Å². The zero-order valence-electron chi connectivity index (χ0n) is 27.6. The van der Waals surface area contributed by atoms with Crippen LogP contribution >= 0.6 is 0 Å². The van der Waals surface area contributed by atoms with Gasteiger partial charge in [-0.2, -0.15) is 0 Å². The van der Waals surface area contributed by atoms with Gasteiger partial charge in [-0.15, -0.1) is 0 Å². The average molecular weight is 627 g/mol. The van der Waals surface area contributed by atoms with Gasteiger partial charge in [0, 0.05) is 25.6 Å². The number of amides is 3. The van der Waals surface area contributed by atoms with Gasteiger partial charge < -0.3 is 40.2 Å². The van der Waals surface area contributed by atoms with Crippen LogP contribution in [0, 0.1) is 5.92 Å². The summed E-state index contributed by atoms with van der Waals surface area (Å²) in [4.78, 5) is 51.0. The van der Waals surface area contributed by atoms with Gasteiger partial charge in [0.05, 0.1) is 33.1 Å². The van der Waals surface area contributed by atoms with E-state index in [9.17, 15) is 19.2 Å². The minimum absolute atomic E-state index is 0.171. The largest absolute Gasteiger partial charge is 0.493 e. The van der Waals surface area contributed by atoms with Gasteiger partial charge in [-0.25, -0.2) is 4.79 Å². The van der Waals surface area contributed by atoms with Gasteiger partial charge in [0.15, 0.2) is 11.5 Å². The van der Waals surface area contributed by atoms with Crippen molar-refractivity contribution in [2.24, 2.45) is 5.92 Å². The summed E-state index contributed by atoms with van der Waals surface area (Å²) >= 11 is 0. The van der Waals surface area contributed by atoms with Crippen LogP contribution in [0.25, 0.3) is 11.1 Å². The number of hydrogen-bond donors (Lipinski definition) is 4. The Hall–Kier alpha value is -4.48. The summed E-state index contributed by atoms with van der Waals surface area (Å²) in [6.07, 6.45) is 0.529. The zero-order valence-corrected chi connectivity index (χ0v) is 27.6. The molecule has 2 aromatic carbocycles. The lowest BCUT2D eigenvalue weighted by molar-refractivity contribution is -0.122. The number of rotatable bonds is 11. The van der Waals surface area contributed by atoms with Gasteiger partial charge in [0.2, 0.25) is 23.0 Å². The number of methoxy groups -OCH3 is 3. The molecular formula is C33H46N4O8. The molecule has 0 aliphatic heterocycles. The predicted octanol–water partition coefficient (Wildman–Crippen LogP) is 3.94. The molecule has 0 radical (unpaired) electrons. The molecule has 2 unspecified atom stereocenters. The molecule has 2 aromatic rings. The van der Waals surface area contributed by atoms with Gasteiger partial charge in [-0.1, -0.05) is 19.9 Å². The topological polar surface area (TPSA) is 153 Å². The number of alkyl carbamates (subject to hydrolysis) is 1. The molecule has 45 heavy (non-hydrogen) atoms. The van der Waals surface area contributed by atoms with Gasteiger partial charge in [-0.3, -0.25) is 14.4 Å². The molecule has 3 rings (SSSR count). The first-order valence-electron chi connectivity index (χ1n) is 15.0. The summed E-state index contributed by atoms with van der Waals surface area (Å²) in [5, 5.41) is 11.5. The molecule has 12 nitrogen and oxygen atoms in total. The maximum absolute atomic E-state index is 13.7. The Bertz CT molecular complexity index is 1470. The number of carbonyl (C=O) groups excluding carboxylic acids is 3. The molecule has 0 spiro atoms. The lowest BCUT2D eigenvalue weighted by Gasteiger charge is -2.22. The molecule has 12 heteroatoms. The number of fused-ring (bicyclic) bond motifs is 3. The van der Waals surface area contributed by atoms with E-state index in [-0.39, 0.29) is 41.9 Å². The second kappa shape index (κ2) is 15.0. The molecule has 0 heterocycles. The fourth-order valence-electron chi connectivity index (χ4n) is 5.30. The first kappa shape index (κ1) is 35.0. The van der Waals surface area contributed by atoms with Crippen LogP contribution in [0.1, 0.15) is 65.1 Å². The summed E-state index contributed by atoms with van der Waals surface area (Å²) in [5.41, 5.74) is 2.18. The first-order valence-corrected chi connectivity index (χ1v) is 15.0. The number of benzene rings is 1. The number of ether oxygens (including phenoxy) is 4. The minimum atomic E-state index is -0.751. The van der Waals surface area contributed by atoms with E-state index in [1.807, 2.05) is 19.9 Å². The molecule has 0 saturated carbocycles. The van der Waals surface area contributed by atoms with Crippen molar-refractivity contribution in [3.8, 4) is 28.4 Å². The van der Waals surface area contributed by atoms with Crippen molar-refractivity contribution in [1.82, 2.24) is 16.0 Å². The molecule has 3 amide bonds.